The predicted octanol–water partition coefficient (Wildman–Crippen LogP) is 1.81. The zero-order chi connectivity index (χ0) is 13.3. The Morgan fingerprint density at radius 2 is 1.89 bits per heavy atom. The molecule has 1 saturated heterocycles. The van der Waals surface area contributed by atoms with Gasteiger partial charge in [-0.25, -0.2) is 4.39 Å². The first kappa shape index (κ1) is 13.3. The molecule has 1 aromatic carbocycles. The number of benzene rings is 1. The molecule has 0 aliphatic carbocycles. The van der Waals surface area contributed by atoms with Crippen LogP contribution in [0.1, 0.15) is 19.4 Å². The van der Waals surface area contributed by atoms with Crippen molar-refractivity contribution in [3.63, 3.8) is 0 Å². The van der Waals surface area contributed by atoms with Crippen LogP contribution in [0.25, 0.3) is 0 Å². The van der Waals surface area contributed by atoms with Gasteiger partial charge in [0.1, 0.15) is 5.82 Å². The Hall–Kier alpha value is -1.13. The van der Waals surface area contributed by atoms with Crippen molar-refractivity contribution in [3.05, 3.63) is 29.6 Å². The first-order valence-corrected chi connectivity index (χ1v) is 6.48. The molecule has 100 valence electrons. The van der Waals surface area contributed by atoms with Crippen molar-refractivity contribution in [2.75, 3.05) is 25.0 Å². The third kappa shape index (κ3) is 2.49. The van der Waals surface area contributed by atoms with Gasteiger partial charge in [0.05, 0.1) is 5.69 Å². The highest BCUT2D eigenvalue weighted by molar-refractivity contribution is 5.50. The number of halogens is 1. The van der Waals surface area contributed by atoms with Gasteiger partial charge in [0.25, 0.3) is 0 Å². The first-order valence-electron chi connectivity index (χ1n) is 6.48. The summed E-state index contributed by atoms with van der Waals surface area (Å²) in [4.78, 5) is 4.47. The number of likely N-dealkylation sites (N-methyl/N-ethyl adjacent to an activating group) is 1. The summed E-state index contributed by atoms with van der Waals surface area (Å²) >= 11 is 0. The molecular weight excluding hydrogens is 229 g/mol. The molecule has 2 atom stereocenters. The molecule has 4 heteroatoms. The molecule has 0 amide bonds. The summed E-state index contributed by atoms with van der Waals surface area (Å²) in [5, 5.41) is 0. The molecule has 0 radical (unpaired) electrons. The maximum absolute atomic E-state index is 14.1. The van der Waals surface area contributed by atoms with E-state index in [1.807, 2.05) is 12.1 Å². The van der Waals surface area contributed by atoms with Gasteiger partial charge in [-0.15, -0.1) is 0 Å². The van der Waals surface area contributed by atoms with E-state index in [0.29, 0.717) is 24.3 Å². The topological polar surface area (TPSA) is 32.5 Å². The third-order valence-corrected chi connectivity index (χ3v) is 3.95. The molecule has 0 bridgehead atoms. The fourth-order valence-corrected chi connectivity index (χ4v) is 2.53. The Kier molecular flexibility index (Phi) is 3.88. The summed E-state index contributed by atoms with van der Waals surface area (Å²) in [5.74, 6) is -0.165. The Morgan fingerprint density at radius 1 is 1.28 bits per heavy atom. The van der Waals surface area contributed by atoms with E-state index in [1.165, 1.54) is 0 Å². The molecule has 0 aromatic heterocycles. The predicted molar refractivity (Wildman–Crippen MR) is 73.2 cm³/mol. The van der Waals surface area contributed by atoms with Gasteiger partial charge in [0.2, 0.25) is 0 Å². The van der Waals surface area contributed by atoms with E-state index in [-0.39, 0.29) is 5.82 Å². The summed E-state index contributed by atoms with van der Waals surface area (Å²) in [5.41, 5.74) is 7.06. The quantitative estimate of drug-likeness (QED) is 0.870. The number of rotatable bonds is 2. The lowest BCUT2D eigenvalue weighted by atomic mass is 10.1. The van der Waals surface area contributed by atoms with Gasteiger partial charge < -0.3 is 10.6 Å². The molecule has 0 spiro atoms. The van der Waals surface area contributed by atoms with Crippen molar-refractivity contribution in [3.8, 4) is 0 Å². The lowest BCUT2D eigenvalue weighted by molar-refractivity contribution is 0.169. The maximum Gasteiger partial charge on any atom is 0.146 e. The number of piperazine rings is 1. The molecule has 1 fully saturated rings. The highest BCUT2D eigenvalue weighted by Crippen LogP contribution is 2.25. The Balaban J connectivity index is 2.21. The van der Waals surface area contributed by atoms with Crippen molar-refractivity contribution in [1.29, 1.82) is 0 Å². The van der Waals surface area contributed by atoms with Crippen LogP contribution in [0.3, 0.4) is 0 Å². The van der Waals surface area contributed by atoms with E-state index in [4.69, 9.17) is 5.73 Å². The normalized spacial score (nSPS) is 25.5. The minimum Gasteiger partial charge on any atom is -0.366 e. The minimum absolute atomic E-state index is 0.165. The van der Waals surface area contributed by atoms with Crippen molar-refractivity contribution in [1.82, 2.24) is 4.90 Å². The molecule has 0 saturated carbocycles. The molecular formula is C14H22FN3. The van der Waals surface area contributed by atoms with E-state index in [0.717, 1.165) is 18.7 Å². The number of nitrogens with two attached hydrogens (primary N) is 1. The van der Waals surface area contributed by atoms with Gasteiger partial charge in [0.15, 0.2) is 0 Å². The highest BCUT2D eigenvalue weighted by atomic mass is 19.1. The van der Waals surface area contributed by atoms with Crippen LogP contribution in [0.4, 0.5) is 10.1 Å². The average Bonchev–Trinajstić information content (AvgIpc) is 2.35. The Labute approximate surface area is 108 Å². The first-order chi connectivity index (χ1) is 8.52. The van der Waals surface area contributed by atoms with Crippen LogP contribution in [-0.2, 0) is 6.54 Å². The van der Waals surface area contributed by atoms with Crippen molar-refractivity contribution < 1.29 is 4.39 Å². The van der Waals surface area contributed by atoms with Gasteiger partial charge in [-0.2, -0.15) is 0 Å². The molecule has 2 unspecified atom stereocenters. The second kappa shape index (κ2) is 5.24. The molecule has 1 aliphatic rings. The second-order valence-corrected chi connectivity index (χ2v) is 5.26. The van der Waals surface area contributed by atoms with Crippen molar-refractivity contribution in [2.24, 2.45) is 5.73 Å². The van der Waals surface area contributed by atoms with Gasteiger partial charge in [0, 0.05) is 31.7 Å². The van der Waals surface area contributed by atoms with E-state index in [2.05, 4.69) is 30.7 Å². The van der Waals surface area contributed by atoms with E-state index < -0.39 is 0 Å². The van der Waals surface area contributed by atoms with Gasteiger partial charge >= 0.3 is 0 Å². The fourth-order valence-electron chi connectivity index (χ4n) is 2.53. The summed E-state index contributed by atoms with van der Waals surface area (Å²) < 4.78 is 14.1. The molecule has 2 rings (SSSR count). The van der Waals surface area contributed by atoms with E-state index >= 15 is 0 Å². The van der Waals surface area contributed by atoms with Gasteiger partial charge in [-0.05, 0) is 38.6 Å². The monoisotopic (exact) mass is 251 g/mol. The molecule has 18 heavy (non-hydrogen) atoms. The van der Waals surface area contributed by atoms with E-state index in [1.54, 1.807) is 6.07 Å². The van der Waals surface area contributed by atoms with Crippen LogP contribution in [0.15, 0.2) is 18.2 Å². The molecule has 1 aromatic rings. The van der Waals surface area contributed by atoms with Crippen LogP contribution in [-0.4, -0.2) is 37.1 Å². The van der Waals surface area contributed by atoms with Crippen molar-refractivity contribution in [2.45, 2.75) is 32.5 Å². The van der Waals surface area contributed by atoms with Crippen LogP contribution in [0.2, 0.25) is 0 Å². The molecule has 2 N–H and O–H groups in total. The Morgan fingerprint density at radius 3 is 2.39 bits per heavy atom. The van der Waals surface area contributed by atoms with Gasteiger partial charge in [-0.3, -0.25) is 4.90 Å². The van der Waals surface area contributed by atoms with Gasteiger partial charge in [-0.1, -0.05) is 6.07 Å². The standard InChI is InChI=1S/C14H22FN3/c1-10-8-18(9-11(2)17(10)3)14-5-4-12(7-16)6-13(14)15/h4-6,10-11H,7-9,16H2,1-3H3. The molecule has 1 heterocycles. The SMILES string of the molecule is CC1CN(c2ccc(CN)cc2F)CC(C)N1C. The molecule has 1 aliphatic heterocycles. The number of hydrogen-bond donors (Lipinski definition) is 1. The number of hydrogen-bond acceptors (Lipinski definition) is 3. The van der Waals surface area contributed by atoms with Crippen LogP contribution in [0.5, 0.6) is 0 Å². The van der Waals surface area contributed by atoms with Crippen LogP contribution in [0, 0.1) is 5.82 Å². The Bertz CT molecular complexity index is 410. The summed E-state index contributed by atoms with van der Waals surface area (Å²) in [7, 11) is 2.13. The third-order valence-electron chi connectivity index (χ3n) is 3.95. The summed E-state index contributed by atoms with van der Waals surface area (Å²) in [6.07, 6.45) is 0. The van der Waals surface area contributed by atoms with Crippen LogP contribution >= 0.6 is 0 Å². The zero-order valence-corrected chi connectivity index (χ0v) is 11.4. The second-order valence-electron chi connectivity index (χ2n) is 5.26. The number of nitrogens with zero attached hydrogens (tertiary/aromatic N) is 2. The van der Waals surface area contributed by atoms with Crippen molar-refractivity contribution >= 4 is 5.69 Å². The minimum atomic E-state index is -0.165. The largest absolute Gasteiger partial charge is 0.366 e. The highest BCUT2D eigenvalue weighted by Gasteiger charge is 2.27. The maximum atomic E-state index is 14.1. The lowest BCUT2D eigenvalue weighted by Crippen LogP contribution is -2.55. The number of anilines is 1. The summed E-state index contributed by atoms with van der Waals surface area (Å²) in [6.45, 7) is 6.45. The fraction of sp³-hybridized carbons (Fsp3) is 0.571. The molecule has 3 nitrogen and oxygen atoms in total. The smallest absolute Gasteiger partial charge is 0.146 e. The van der Waals surface area contributed by atoms with Crippen LogP contribution < -0.4 is 10.6 Å². The lowest BCUT2D eigenvalue weighted by Gasteiger charge is -2.43. The average molecular weight is 251 g/mol. The summed E-state index contributed by atoms with van der Waals surface area (Å²) in [6, 6.07) is 6.17. The zero-order valence-electron chi connectivity index (χ0n) is 11.4. The van der Waals surface area contributed by atoms with E-state index in [9.17, 15) is 4.39 Å².